The summed E-state index contributed by atoms with van der Waals surface area (Å²) in [4.78, 5) is 14.7. The molecule has 0 unspecified atom stereocenters. The van der Waals surface area contributed by atoms with E-state index in [0.29, 0.717) is 6.54 Å². The monoisotopic (exact) mass is 407 g/mol. The number of benzene rings is 3. The lowest BCUT2D eigenvalue weighted by Gasteiger charge is -2.40. The molecule has 4 nitrogen and oxygen atoms in total. The number of nitrogens with zero attached hydrogens (tertiary/aromatic N) is 2. The molecule has 31 heavy (non-hydrogen) atoms. The van der Waals surface area contributed by atoms with Crippen LogP contribution in [0.1, 0.15) is 25.0 Å². The van der Waals surface area contributed by atoms with Gasteiger partial charge < -0.3 is 14.8 Å². The van der Waals surface area contributed by atoms with Crippen molar-refractivity contribution in [2.75, 3.05) is 11.4 Å². The van der Waals surface area contributed by atoms with Crippen LogP contribution in [0.4, 0.5) is 5.69 Å². The maximum atomic E-state index is 12.5. The number of aromatic nitrogens is 1. The highest BCUT2D eigenvalue weighted by Crippen LogP contribution is 2.52. The quantitative estimate of drug-likeness (QED) is 0.509. The van der Waals surface area contributed by atoms with Crippen molar-refractivity contribution < 1.29 is 4.79 Å². The molecule has 6 rings (SSSR count). The highest BCUT2D eigenvalue weighted by atomic mass is 16.2. The first-order chi connectivity index (χ1) is 14.9. The van der Waals surface area contributed by atoms with E-state index >= 15 is 0 Å². The number of para-hydroxylation sites is 2. The van der Waals surface area contributed by atoms with Crippen molar-refractivity contribution in [2.24, 2.45) is 7.05 Å². The zero-order valence-electron chi connectivity index (χ0n) is 18.0. The molecular weight excluding hydrogens is 382 g/mol. The van der Waals surface area contributed by atoms with Crippen LogP contribution in [0, 0.1) is 0 Å². The van der Waals surface area contributed by atoms with Gasteiger partial charge in [-0.3, -0.25) is 4.79 Å². The van der Waals surface area contributed by atoms with Crippen LogP contribution < -0.4 is 10.2 Å². The molecule has 1 atom stereocenters. The van der Waals surface area contributed by atoms with Crippen LogP contribution in [0.2, 0.25) is 0 Å². The lowest BCUT2D eigenvalue weighted by molar-refractivity contribution is -0.118. The molecule has 1 amide bonds. The number of nitrogens with one attached hydrogen (secondary N) is 1. The summed E-state index contributed by atoms with van der Waals surface area (Å²) in [6, 6.07) is 23.5. The predicted octanol–water partition coefficient (Wildman–Crippen LogP) is 4.97. The van der Waals surface area contributed by atoms with Crippen LogP contribution in [0.15, 0.2) is 72.8 Å². The summed E-state index contributed by atoms with van der Waals surface area (Å²) in [7, 11) is 2.12. The van der Waals surface area contributed by atoms with E-state index < -0.39 is 5.66 Å². The van der Waals surface area contributed by atoms with Gasteiger partial charge in [-0.25, -0.2) is 0 Å². The highest BCUT2D eigenvalue weighted by molar-refractivity contribution is 6.08. The molecule has 0 spiro atoms. The van der Waals surface area contributed by atoms with Gasteiger partial charge in [0.05, 0.1) is 6.54 Å². The molecule has 4 heteroatoms. The van der Waals surface area contributed by atoms with E-state index in [1.807, 2.05) is 6.07 Å². The summed E-state index contributed by atoms with van der Waals surface area (Å²) in [5.41, 5.74) is 5.16. The maximum absolute atomic E-state index is 12.5. The Hall–Kier alpha value is -3.53. The van der Waals surface area contributed by atoms with Crippen LogP contribution in [0.25, 0.3) is 27.9 Å². The van der Waals surface area contributed by atoms with E-state index in [1.165, 1.54) is 27.4 Å². The molecule has 1 saturated heterocycles. The minimum Gasteiger partial charge on any atom is -0.344 e. The van der Waals surface area contributed by atoms with Crippen molar-refractivity contribution in [1.82, 2.24) is 9.88 Å². The van der Waals surface area contributed by atoms with Gasteiger partial charge in [-0.15, -0.1) is 0 Å². The minimum absolute atomic E-state index is 0.0661. The Morgan fingerprint density at radius 2 is 1.68 bits per heavy atom. The molecule has 154 valence electrons. The fourth-order valence-electron chi connectivity index (χ4n) is 5.64. The third kappa shape index (κ3) is 2.27. The molecule has 0 saturated carbocycles. The Balaban J connectivity index is 1.48. The first-order valence-electron chi connectivity index (χ1n) is 10.8. The molecule has 2 aliphatic rings. The van der Waals surface area contributed by atoms with Crippen LogP contribution in [-0.4, -0.2) is 22.7 Å². The number of fused-ring (bicyclic) bond motifs is 6. The summed E-state index contributed by atoms with van der Waals surface area (Å²) in [5.74, 6) is 0.0661. The van der Waals surface area contributed by atoms with Crippen molar-refractivity contribution in [3.8, 4) is 0 Å². The predicted molar refractivity (Wildman–Crippen MR) is 127 cm³/mol. The van der Waals surface area contributed by atoms with Crippen molar-refractivity contribution in [3.63, 3.8) is 0 Å². The van der Waals surface area contributed by atoms with Crippen LogP contribution in [0.5, 0.6) is 0 Å². The fourth-order valence-corrected chi connectivity index (χ4v) is 5.64. The third-order valence-corrected chi connectivity index (χ3v) is 7.33. The van der Waals surface area contributed by atoms with E-state index in [9.17, 15) is 4.79 Å². The largest absolute Gasteiger partial charge is 0.344 e. The molecule has 3 heterocycles. The number of carbonyl (C=O) groups is 1. The smallest absolute Gasteiger partial charge is 0.241 e. The van der Waals surface area contributed by atoms with Gasteiger partial charge in [0, 0.05) is 40.0 Å². The van der Waals surface area contributed by atoms with Gasteiger partial charge in [0.1, 0.15) is 5.66 Å². The van der Waals surface area contributed by atoms with Crippen molar-refractivity contribution in [2.45, 2.75) is 24.9 Å². The first kappa shape index (κ1) is 18.3. The third-order valence-electron chi connectivity index (χ3n) is 7.33. The lowest BCUT2D eigenvalue weighted by Crippen LogP contribution is -2.58. The molecule has 2 aliphatic heterocycles. The van der Waals surface area contributed by atoms with Crippen molar-refractivity contribution in [1.29, 1.82) is 0 Å². The zero-order chi connectivity index (χ0) is 21.4. The SMILES string of the molecule is Cn1c2ccccc2c2ccc(/C=C/[C@@]34NC(=O)CN3c3ccccc3C4(C)C)cc21. The van der Waals surface area contributed by atoms with E-state index in [2.05, 4.69) is 108 Å². The van der Waals surface area contributed by atoms with Crippen LogP contribution in [0.3, 0.4) is 0 Å². The van der Waals surface area contributed by atoms with Crippen LogP contribution >= 0.6 is 0 Å². The topological polar surface area (TPSA) is 37.3 Å². The number of aryl methyl sites for hydroxylation is 1. The molecule has 4 aromatic rings. The molecule has 0 radical (unpaired) electrons. The average molecular weight is 408 g/mol. The Morgan fingerprint density at radius 3 is 2.55 bits per heavy atom. The van der Waals surface area contributed by atoms with E-state index in [0.717, 1.165) is 11.3 Å². The normalized spacial score (nSPS) is 21.8. The van der Waals surface area contributed by atoms with Gasteiger partial charge in [-0.05, 0) is 35.4 Å². The summed E-state index contributed by atoms with van der Waals surface area (Å²) in [6.45, 7) is 4.82. The molecule has 1 aromatic heterocycles. The van der Waals surface area contributed by atoms with E-state index in [-0.39, 0.29) is 11.3 Å². The second-order valence-corrected chi connectivity index (χ2v) is 9.23. The summed E-state index contributed by atoms with van der Waals surface area (Å²) in [6.07, 6.45) is 4.34. The fraction of sp³-hybridized carbons (Fsp3) is 0.222. The number of amides is 1. The number of carbonyl (C=O) groups excluding carboxylic acids is 1. The number of hydrogen-bond acceptors (Lipinski definition) is 2. The van der Waals surface area contributed by atoms with E-state index in [1.54, 1.807) is 0 Å². The Kier molecular flexibility index (Phi) is 3.54. The number of rotatable bonds is 2. The zero-order valence-corrected chi connectivity index (χ0v) is 18.0. The average Bonchev–Trinajstić information content (AvgIpc) is 3.33. The highest BCUT2D eigenvalue weighted by Gasteiger charge is 2.59. The van der Waals surface area contributed by atoms with Gasteiger partial charge in [0.25, 0.3) is 0 Å². The lowest BCUT2D eigenvalue weighted by atomic mass is 9.75. The Bertz CT molecular complexity index is 1410. The maximum Gasteiger partial charge on any atom is 0.241 e. The van der Waals surface area contributed by atoms with Crippen molar-refractivity contribution >= 4 is 39.5 Å². The van der Waals surface area contributed by atoms with E-state index in [4.69, 9.17) is 0 Å². The summed E-state index contributed by atoms with van der Waals surface area (Å²) in [5, 5.41) is 5.84. The van der Waals surface area contributed by atoms with Gasteiger partial charge in [-0.1, -0.05) is 68.5 Å². The Labute approximate surface area is 181 Å². The number of hydrogen-bond donors (Lipinski definition) is 1. The standard InChI is InChI=1S/C27H25N3O/c1-26(2)21-9-5-7-11-23(21)30-17-25(31)28-27(26,30)15-14-18-12-13-20-19-8-4-6-10-22(19)29(3)24(20)16-18/h4-16H,17H2,1-3H3,(H,28,31)/b15-14+/t27-/m1/s1. The van der Waals surface area contributed by atoms with Gasteiger partial charge in [0.15, 0.2) is 0 Å². The first-order valence-corrected chi connectivity index (χ1v) is 10.8. The second-order valence-electron chi connectivity index (χ2n) is 9.23. The van der Waals surface area contributed by atoms with Gasteiger partial charge in [0.2, 0.25) is 5.91 Å². The Morgan fingerprint density at radius 1 is 0.935 bits per heavy atom. The molecule has 1 N–H and O–H groups in total. The second kappa shape index (κ2) is 6.01. The molecule has 0 bridgehead atoms. The van der Waals surface area contributed by atoms with Gasteiger partial charge >= 0.3 is 0 Å². The van der Waals surface area contributed by atoms with Crippen LogP contribution in [-0.2, 0) is 17.3 Å². The van der Waals surface area contributed by atoms with Gasteiger partial charge in [-0.2, -0.15) is 0 Å². The number of anilines is 1. The summed E-state index contributed by atoms with van der Waals surface area (Å²) >= 11 is 0. The van der Waals surface area contributed by atoms with Crippen molar-refractivity contribution in [3.05, 3.63) is 83.9 Å². The molecule has 1 fully saturated rings. The molecule has 0 aliphatic carbocycles. The summed E-state index contributed by atoms with van der Waals surface area (Å²) < 4.78 is 2.25. The minimum atomic E-state index is -0.568. The molecular formula is C27H25N3O. The molecule has 3 aromatic carbocycles.